The molecule has 26 heavy (non-hydrogen) atoms. The summed E-state index contributed by atoms with van der Waals surface area (Å²) in [4.78, 5) is 0. The second kappa shape index (κ2) is 9.58. The van der Waals surface area contributed by atoms with E-state index in [4.69, 9.17) is 32.7 Å². The Labute approximate surface area is 154 Å². The largest absolute Gasteiger partial charge is 0.493 e. The van der Waals surface area contributed by atoms with E-state index >= 15 is 0 Å². The zero-order chi connectivity index (χ0) is 19.2. The van der Waals surface area contributed by atoms with Gasteiger partial charge in [0.15, 0.2) is 23.6 Å². The van der Waals surface area contributed by atoms with Crippen LogP contribution in [0.2, 0.25) is 0 Å². The van der Waals surface area contributed by atoms with Gasteiger partial charge in [-0.25, -0.2) is 0 Å². The Balaban J connectivity index is 2.48. The van der Waals surface area contributed by atoms with Gasteiger partial charge in [-0.3, -0.25) is 4.57 Å². The lowest BCUT2D eigenvalue weighted by molar-refractivity contribution is -0.176. The maximum atomic E-state index is 13.1. The lowest BCUT2D eigenvalue weighted by atomic mass is 10.1. The number of hydrogen-bond acceptors (Lipinski definition) is 8. The molecule has 1 aromatic carbocycles. The first kappa shape index (κ1) is 21.0. The van der Waals surface area contributed by atoms with Crippen LogP contribution in [0.3, 0.4) is 0 Å². The topological polar surface area (TPSA) is 81.7 Å². The third kappa shape index (κ3) is 4.50. The van der Waals surface area contributed by atoms with Crippen molar-refractivity contribution in [2.45, 2.75) is 31.4 Å². The molecule has 0 aromatic heterocycles. The van der Waals surface area contributed by atoms with Crippen LogP contribution in [0.5, 0.6) is 17.2 Å². The SMILES string of the molecule is COc1cc(C(OC2CCCCO2)P(=O)(OC)OC)cc(OC)c1OC. The minimum Gasteiger partial charge on any atom is -0.493 e. The van der Waals surface area contributed by atoms with Crippen molar-refractivity contribution in [2.75, 3.05) is 42.2 Å². The second-order valence-corrected chi connectivity index (χ2v) is 7.93. The molecular weight excluding hydrogens is 363 g/mol. The van der Waals surface area contributed by atoms with Crippen LogP contribution in [0.4, 0.5) is 0 Å². The molecule has 8 nitrogen and oxygen atoms in total. The van der Waals surface area contributed by atoms with Crippen LogP contribution in [0.1, 0.15) is 30.7 Å². The Bertz CT molecular complexity index is 596. The Kier molecular flexibility index (Phi) is 7.73. The monoisotopic (exact) mass is 390 g/mol. The van der Waals surface area contributed by atoms with E-state index in [9.17, 15) is 4.57 Å². The maximum absolute atomic E-state index is 13.1. The highest BCUT2D eigenvalue weighted by Crippen LogP contribution is 2.62. The summed E-state index contributed by atoms with van der Waals surface area (Å²) in [6, 6.07) is 3.33. The normalized spacial score (nSPS) is 19.0. The molecule has 2 unspecified atom stereocenters. The molecule has 2 rings (SSSR count). The third-order valence-electron chi connectivity index (χ3n) is 4.19. The summed E-state index contributed by atoms with van der Waals surface area (Å²) >= 11 is 0. The van der Waals surface area contributed by atoms with Crippen LogP contribution in [0, 0.1) is 0 Å². The minimum atomic E-state index is -3.62. The average molecular weight is 390 g/mol. The highest BCUT2D eigenvalue weighted by atomic mass is 31.2. The van der Waals surface area contributed by atoms with Gasteiger partial charge in [0.05, 0.1) is 21.3 Å². The molecule has 0 amide bonds. The highest BCUT2D eigenvalue weighted by molar-refractivity contribution is 7.54. The van der Waals surface area contributed by atoms with E-state index in [0.717, 1.165) is 12.8 Å². The molecular formula is C17H27O8P. The van der Waals surface area contributed by atoms with Gasteiger partial charge in [-0.1, -0.05) is 0 Å². The average Bonchev–Trinajstić information content (AvgIpc) is 2.71. The van der Waals surface area contributed by atoms with Gasteiger partial charge in [-0.15, -0.1) is 0 Å². The summed E-state index contributed by atoms with van der Waals surface area (Å²) in [5.41, 5.74) is 0.515. The van der Waals surface area contributed by atoms with Crippen LogP contribution >= 0.6 is 7.60 Å². The number of methoxy groups -OCH3 is 3. The summed E-state index contributed by atoms with van der Waals surface area (Å²) in [5, 5.41) is 0. The third-order valence-corrected chi connectivity index (χ3v) is 6.20. The molecule has 1 saturated heterocycles. The summed E-state index contributed by atoms with van der Waals surface area (Å²) in [6.45, 7) is 0.594. The molecule has 1 aliphatic rings. The van der Waals surface area contributed by atoms with Crippen LogP contribution in [0.25, 0.3) is 0 Å². The van der Waals surface area contributed by atoms with Crippen LogP contribution in [0.15, 0.2) is 12.1 Å². The summed E-state index contributed by atoms with van der Waals surface area (Å²) in [5.74, 6) is 0.253. The molecule has 0 aliphatic carbocycles. The van der Waals surface area contributed by atoms with Crippen molar-refractivity contribution in [3.05, 3.63) is 17.7 Å². The zero-order valence-electron chi connectivity index (χ0n) is 15.9. The first-order valence-electron chi connectivity index (χ1n) is 8.31. The van der Waals surface area contributed by atoms with Gasteiger partial charge in [-0.2, -0.15) is 0 Å². The van der Waals surface area contributed by atoms with E-state index in [1.165, 1.54) is 35.5 Å². The fourth-order valence-corrected chi connectivity index (χ4v) is 4.14. The van der Waals surface area contributed by atoms with Crippen molar-refractivity contribution >= 4 is 7.60 Å². The Morgan fingerprint density at radius 1 is 1.00 bits per heavy atom. The van der Waals surface area contributed by atoms with Crippen LogP contribution in [-0.2, 0) is 23.1 Å². The van der Waals surface area contributed by atoms with E-state index < -0.39 is 19.7 Å². The van der Waals surface area contributed by atoms with E-state index in [0.29, 0.717) is 35.8 Å². The molecule has 0 radical (unpaired) electrons. The summed E-state index contributed by atoms with van der Waals surface area (Å²) in [7, 11) is 3.55. The smallest absolute Gasteiger partial charge is 0.363 e. The number of benzene rings is 1. The summed E-state index contributed by atoms with van der Waals surface area (Å²) in [6.07, 6.45) is 2.15. The van der Waals surface area contributed by atoms with Gasteiger partial charge in [-0.05, 0) is 31.4 Å². The lowest BCUT2D eigenvalue weighted by Gasteiger charge is -2.31. The van der Waals surface area contributed by atoms with E-state index in [1.54, 1.807) is 12.1 Å². The van der Waals surface area contributed by atoms with Gasteiger partial charge in [0.2, 0.25) is 5.75 Å². The van der Waals surface area contributed by atoms with Crippen molar-refractivity contribution in [3.63, 3.8) is 0 Å². The van der Waals surface area contributed by atoms with E-state index in [-0.39, 0.29) is 0 Å². The fourth-order valence-electron chi connectivity index (χ4n) is 2.81. The van der Waals surface area contributed by atoms with Crippen LogP contribution < -0.4 is 14.2 Å². The number of rotatable bonds is 9. The fraction of sp³-hybridized carbons (Fsp3) is 0.647. The highest BCUT2D eigenvalue weighted by Gasteiger charge is 2.40. The predicted octanol–water partition coefficient (Wildman–Crippen LogP) is 3.74. The first-order valence-corrected chi connectivity index (χ1v) is 9.92. The quantitative estimate of drug-likeness (QED) is 0.590. The minimum absolute atomic E-state index is 0.416. The Hall–Kier alpha value is -1.31. The maximum Gasteiger partial charge on any atom is 0.363 e. The number of ether oxygens (including phenoxy) is 5. The Morgan fingerprint density at radius 2 is 1.62 bits per heavy atom. The lowest BCUT2D eigenvalue weighted by Crippen LogP contribution is -2.25. The molecule has 148 valence electrons. The summed E-state index contributed by atoms with van der Waals surface area (Å²) < 4.78 is 51.2. The van der Waals surface area contributed by atoms with Gasteiger partial charge in [0, 0.05) is 26.4 Å². The van der Waals surface area contributed by atoms with Crippen molar-refractivity contribution in [1.29, 1.82) is 0 Å². The molecule has 0 N–H and O–H groups in total. The second-order valence-electron chi connectivity index (χ2n) is 5.65. The van der Waals surface area contributed by atoms with Crippen molar-refractivity contribution < 1.29 is 37.3 Å². The predicted molar refractivity (Wildman–Crippen MR) is 95.1 cm³/mol. The van der Waals surface area contributed by atoms with Gasteiger partial charge in [0.25, 0.3) is 0 Å². The zero-order valence-corrected chi connectivity index (χ0v) is 16.7. The number of hydrogen-bond donors (Lipinski definition) is 0. The molecule has 2 atom stereocenters. The van der Waals surface area contributed by atoms with E-state index in [1.807, 2.05) is 0 Å². The molecule has 9 heteroatoms. The van der Waals surface area contributed by atoms with Gasteiger partial charge < -0.3 is 32.7 Å². The molecule has 0 bridgehead atoms. The van der Waals surface area contributed by atoms with Crippen molar-refractivity contribution in [3.8, 4) is 17.2 Å². The molecule has 1 heterocycles. The van der Waals surface area contributed by atoms with Crippen LogP contribution in [-0.4, -0.2) is 48.4 Å². The molecule has 1 aromatic rings. The molecule has 1 aliphatic heterocycles. The van der Waals surface area contributed by atoms with Gasteiger partial charge >= 0.3 is 7.60 Å². The first-order chi connectivity index (χ1) is 12.5. The van der Waals surface area contributed by atoms with E-state index in [2.05, 4.69) is 0 Å². The standard InChI is InChI=1S/C17H27O8P/c1-19-13-10-12(11-14(20-2)16(13)21-3)17(26(18,22-4)23-5)25-15-8-6-7-9-24-15/h10-11,15,17H,6-9H2,1-5H3. The van der Waals surface area contributed by atoms with Crippen molar-refractivity contribution in [1.82, 2.24) is 0 Å². The molecule has 0 spiro atoms. The van der Waals surface area contributed by atoms with Gasteiger partial charge in [0.1, 0.15) is 0 Å². The molecule has 0 saturated carbocycles. The molecule has 1 fully saturated rings. The Morgan fingerprint density at radius 3 is 2.04 bits per heavy atom. The van der Waals surface area contributed by atoms with Crippen molar-refractivity contribution in [2.24, 2.45) is 0 Å².